The van der Waals surface area contributed by atoms with E-state index in [-0.39, 0.29) is 23.1 Å². The fourth-order valence-corrected chi connectivity index (χ4v) is 5.04. The van der Waals surface area contributed by atoms with Crippen molar-refractivity contribution in [3.63, 3.8) is 0 Å². The number of ether oxygens (including phenoxy) is 2. The SMILES string of the molecule is CC(=O)C(C)=C(O)CCCOc1cc2c(cc1Br)Cc1cc(Br)c(OCCCC(O)=C(C)C(C)=O)cc1-2. The molecule has 0 radical (unpaired) electrons. The Kier molecular flexibility index (Phi) is 10.0. The van der Waals surface area contributed by atoms with Gasteiger partial charge in [-0.05, 0) is 125 Å². The maximum atomic E-state index is 11.4. The van der Waals surface area contributed by atoms with Gasteiger partial charge in [-0.1, -0.05) is 0 Å². The summed E-state index contributed by atoms with van der Waals surface area (Å²) in [7, 11) is 0. The molecule has 6 nitrogen and oxygen atoms in total. The number of ketones is 2. The molecule has 2 N–H and O–H groups in total. The van der Waals surface area contributed by atoms with Crippen molar-refractivity contribution in [1.29, 1.82) is 0 Å². The molecule has 3 rings (SSSR count). The Morgan fingerprint density at radius 3 is 1.46 bits per heavy atom. The Hall–Kier alpha value is -2.58. The van der Waals surface area contributed by atoms with Gasteiger partial charge in [0.25, 0.3) is 0 Å². The largest absolute Gasteiger partial charge is 0.512 e. The zero-order valence-corrected chi connectivity index (χ0v) is 24.7. The highest BCUT2D eigenvalue weighted by Gasteiger charge is 2.23. The molecule has 1 aliphatic carbocycles. The number of carbonyl (C=O) groups excluding carboxylic acids is 2. The number of halogens is 2. The van der Waals surface area contributed by atoms with Crippen LogP contribution in [0.2, 0.25) is 0 Å². The summed E-state index contributed by atoms with van der Waals surface area (Å²) in [4.78, 5) is 22.8. The molecule has 0 bridgehead atoms. The Morgan fingerprint density at radius 2 is 1.11 bits per heavy atom. The lowest BCUT2D eigenvalue weighted by molar-refractivity contribution is -0.114. The first-order chi connectivity index (χ1) is 17.5. The van der Waals surface area contributed by atoms with E-state index in [0.717, 1.165) is 26.5 Å². The normalized spacial score (nSPS) is 13.4. The van der Waals surface area contributed by atoms with E-state index in [9.17, 15) is 19.8 Å². The van der Waals surface area contributed by atoms with E-state index in [1.807, 2.05) is 12.1 Å². The number of benzene rings is 2. The van der Waals surface area contributed by atoms with Crippen molar-refractivity contribution in [3.05, 3.63) is 67.0 Å². The standard InChI is InChI=1S/C29H32Br2O6/c1-16(18(3)32)26(34)7-5-9-36-28-14-22-20(12-24(28)30)11-21-13-25(31)29(15-23(21)22)37-10-6-8-27(35)17(2)19(4)33/h12-15,34-35H,5-11H2,1-4H3. The molecule has 0 spiro atoms. The highest BCUT2D eigenvalue weighted by molar-refractivity contribution is 9.10. The molecule has 0 fully saturated rings. The van der Waals surface area contributed by atoms with Gasteiger partial charge < -0.3 is 19.7 Å². The predicted molar refractivity (Wildman–Crippen MR) is 152 cm³/mol. The van der Waals surface area contributed by atoms with Crippen LogP contribution in [0.25, 0.3) is 11.1 Å². The second kappa shape index (κ2) is 12.8. The fraction of sp³-hybridized carbons (Fsp3) is 0.379. The van der Waals surface area contributed by atoms with Crippen molar-refractivity contribution < 1.29 is 29.3 Å². The average Bonchev–Trinajstić information content (AvgIpc) is 3.18. The minimum absolute atomic E-state index is 0.108. The first-order valence-electron chi connectivity index (χ1n) is 12.2. The van der Waals surface area contributed by atoms with Crippen molar-refractivity contribution in [2.24, 2.45) is 0 Å². The molecule has 2 aromatic carbocycles. The van der Waals surface area contributed by atoms with Crippen LogP contribution in [0.4, 0.5) is 0 Å². The van der Waals surface area contributed by atoms with Crippen LogP contribution in [-0.2, 0) is 16.0 Å². The lowest BCUT2D eigenvalue weighted by Gasteiger charge is -2.13. The number of hydrogen-bond acceptors (Lipinski definition) is 6. The molecular weight excluding hydrogens is 604 g/mol. The van der Waals surface area contributed by atoms with Crippen molar-refractivity contribution in [2.45, 2.75) is 59.8 Å². The number of fused-ring (bicyclic) bond motifs is 3. The molecule has 1 aliphatic rings. The summed E-state index contributed by atoms with van der Waals surface area (Å²) in [6.07, 6.45) is 2.73. The van der Waals surface area contributed by atoms with Crippen LogP contribution < -0.4 is 9.47 Å². The van der Waals surface area contributed by atoms with Crippen molar-refractivity contribution in [1.82, 2.24) is 0 Å². The fourth-order valence-electron chi connectivity index (χ4n) is 4.03. The zero-order valence-electron chi connectivity index (χ0n) is 21.5. The number of aliphatic hydroxyl groups is 2. The van der Waals surface area contributed by atoms with Crippen molar-refractivity contribution in [3.8, 4) is 22.6 Å². The topological polar surface area (TPSA) is 93.1 Å². The van der Waals surface area contributed by atoms with E-state index in [0.29, 0.717) is 61.5 Å². The smallest absolute Gasteiger partial charge is 0.158 e. The second-order valence-corrected chi connectivity index (χ2v) is 10.9. The molecule has 0 atom stereocenters. The predicted octanol–water partition coefficient (Wildman–Crippen LogP) is 7.94. The molecule has 198 valence electrons. The summed E-state index contributed by atoms with van der Waals surface area (Å²) in [5.41, 5.74) is 5.31. The zero-order chi connectivity index (χ0) is 27.3. The van der Waals surface area contributed by atoms with Crippen LogP contribution in [0.5, 0.6) is 11.5 Å². The third-order valence-electron chi connectivity index (χ3n) is 6.54. The minimum Gasteiger partial charge on any atom is -0.512 e. The van der Waals surface area contributed by atoms with Crippen LogP contribution in [0.15, 0.2) is 55.9 Å². The number of rotatable bonds is 12. The summed E-state index contributed by atoms with van der Waals surface area (Å²) in [6.45, 7) is 6.93. The minimum atomic E-state index is -0.133. The van der Waals surface area contributed by atoms with E-state index < -0.39 is 0 Å². The number of hydrogen-bond donors (Lipinski definition) is 2. The molecule has 0 heterocycles. The molecule has 37 heavy (non-hydrogen) atoms. The number of Topliss-reactive ketones (excluding diaryl/α,β-unsaturated/α-hetero) is 2. The van der Waals surface area contributed by atoms with Gasteiger partial charge in [0.2, 0.25) is 0 Å². The molecule has 2 aromatic rings. The van der Waals surface area contributed by atoms with Gasteiger partial charge in [-0.15, -0.1) is 0 Å². The van der Waals surface area contributed by atoms with E-state index in [4.69, 9.17) is 9.47 Å². The Labute approximate surface area is 234 Å². The molecular formula is C29H32Br2O6. The van der Waals surface area contributed by atoms with Gasteiger partial charge in [0.05, 0.1) is 33.7 Å². The van der Waals surface area contributed by atoms with Gasteiger partial charge in [-0.25, -0.2) is 0 Å². The lowest BCUT2D eigenvalue weighted by atomic mass is 10.1. The monoisotopic (exact) mass is 634 g/mol. The quantitative estimate of drug-likeness (QED) is 0.119. The molecule has 0 saturated heterocycles. The highest BCUT2D eigenvalue weighted by Crippen LogP contribution is 2.45. The third-order valence-corrected chi connectivity index (χ3v) is 7.78. The molecule has 0 aromatic heterocycles. The van der Waals surface area contributed by atoms with Crippen molar-refractivity contribution in [2.75, 3.05) is 13.2 Å². The molecule has 0 unspecified atom stereocenters. The summed E-state index contributed by atoms with van der Waals surface area (Å²) in [5.74, 6) is 1.38. The second-order valence-electron chi connectivity index (χ2n) is 9.22. The van der Waals surface area contributed by atoms with Gasteiger partial charge in [-0.2, -0.15) is 0 Å². The van der Waals surface area contributed by atoms with E-state index in [1.165, 1.54) is 25.0 Å². The van der Waals surface area contributed by atoms with Crippen LogP contribution in [-0.4, -0.2) is 35.0 Å². The molecule has 0 saturated carbocycles. The first kappa shape index (κ1) is 29.0. The van der Waals surface area contributed by atoms with Gasteiger partial charge in [0, 0.05) is 24.0 Å². The Bertz CT molecular complexity index is 1180. The first-order valence-corrected chi connectivity index (χ1v) is 13.8. The Balaban J connectivity index is 1.68. The maximum absolute atomic E-state index is 11.4. The number of aliphatic hydroxyl groups excluding tert-OH is 2. The summed E-state index contributed by atoms with van der Waals surface area (Å²) in [6, 6.07) is 8.19. The lowest BCUT2D eigenvalue weighted by Crippen LogP contribution is -2.02. The van der Waals surface area contributed by atoms with Crippen LogP contribution >= 0.6 is 31.9 Å². The van der Waals surface area contributed by atoms with Gasteiger partial charge >= 0.3 is 0 Å². The third kappa shape index (κ3) is 7.26. The van der Waals surface area contributed by atoms with Crippen molar-refractivity contribution >= 4 is 43.4 Å². The average molecular weight is 636 g/mol. The molecule has 0 aliphatic heterocycles. The summed E-state index contributed by atoms with van der Waals surface area (Å²) in [5, 5.41) is 20.1. The van der Waals surface area contributed by atoms with E-state index >= 15 is 0 Å². The molecule has 8 heteroatoms. The van der Waals surface area contributed by atoms with Gasteiger partial charge in [0.1, 0.15) is 11.5 Å². The highest BCUT2D eigenvalue weighted by atomic mass is 79.9. The van der Waals surface area contributed by atoms with Gasteiger partial charge in [-0.3, -0.25) is 9.59 Å². The van der Waals surface area contributed by atoms with E-state index in [1.54, 1.807) is 13.8 Å². The summed E-state index contributed by atoms with van der Waals surface area (Å²) < 4.78 is 13.7. The van der Waals surface area contributed by atoms with Crippen LogP contribution in [0, 0.1) is 0 Å². The van der Waals surface area contributed by atoms with Gasteiger partial charge in [0.15, 0.2) is 11.6 Å². The Morgan fingerprint density at radius 1 is 0.730 bits per heavy atom. The maximum Gasteiger partial charge on any atom is 0.158 e. The molecule has 0 amide bonds. The van der Waals surface area contributed by atoms with Crippen LogP contribution in [0.1, 0.15) is 64.5 Å². The van der Waals surface area contributed by atoms with E-state index in [2.05, 4.69) is 44.0 Å². The number of allylic oxidation sites excluding steroid dienone is 4. The summed E-state index contributed by atoms with van der Waals surface area (Å²) >= 11 is 7.22. The van der Waals surface area contributed by atoms with Crippen LogP contribution in [0.3, 0.4) is 0 Å². The number of carbonyl (C=O) groups is 2.